The molecule has 1 aromatic heterocycles. The van der Waals surface area contributed by atoms with Crippen molar-refractivity contribution in [3.8, 4) is 0 Å². The zero-order valence-corrected chi connectivity index (χ0v) is 14.8. The molecule has 2 aromatic rings. The largest absolute Gasteiger partial charge is 0.462 e. The Balaban J connectivity index is 2.49. The van der Waals surface area contributed by atoms with Crippen LogP contribution in [0.3, 0.4) is 0 Å². The summed E-state index contributed by atoms with van der Waals surface area (Å²) in [6, 6.07) is 1.94. The summed E-state index contributed by atoms with van der Waals surface area (Å²) in [6.45, 7) is 2.04. The van der Waals surface area contributed by atoms with Crippen molar-refractivity contribution in [1.82, 2.24) is 14.8 Å². The van der Waals surface area contributed by atoms with Gasteiger partial charge in [0.15, 0.2) is 10.1 Å². The molecular weight excluding hydrogens is 366 g/mol. The fraction of sp³-hybridized carbons (Fsp3) is 0.357. The van der Waals surface area contributed by atoms with Crippen molar-refractivity contribution in [2.45, 2.75) is 29.8 Å². The average Bonchev–Trinajstić information content (AvgIpc) is 2.99. The van der Waals surface area contributed by atoms with Crippen LogP contribution in [-0.2, 0) is 11.8 Å². The first-order chi connectivity index (χ1) is 12.3. The summed E-state index contributed by atoms with van der Waals surface area (Å²) < 4.78 is 6.45. The second-order valence-electron chi connectivity index (χ2n) is 5.17. The normalized spacial score (nSPS) is 10.5. The molecule has 0 amide bonds. The van der Waals surface area contributed by atoms with Crippen molar-refractivity contribution >= 4 is 29.1 Å². The van der Waals surface area contributed by atoms with E-state index in [-0.39, 0.29) is 22.2 Å². The van der Waals surface area contributed by atoms with Gasteiger partial charge in [0.2, 0.25) is 0 Å². The Labute approximate surface area is 151 Å². The van der Waals surface area contributed by atoms with E-state index in [1.165, 1.54) is 10.9 Å². The van der Waals surface area contributed by atoms with Gasteiger partial charge in [-0.1, -0.05) is 13.3 Å². The number of nitrogens with zero attached hydrogens (tertiary/aromatic N) is 5. The number of rotatable bonds is 8. The molecule has 0 fully saturated rings. The summed E-state index contributed by atoms with van der Waals surface area (Å²) in [5.74, 6) is -0.847. The van der Waals surface area contributed by atoms with Gasteiger partial charge in [-0.25, -0.2) is 4.79 Å². The van der Waals surface area contributed by atoms with Gasteiger partial charge in [-0.3, -0.25) is 20.2 Å². The molecule has 1 aromatic carbocycles. The SMILES string of the molecule is CCCCOC(=O)c1cc([N+](=O)[O-])c(Sc2nncn2C)c([N+](=O)[O-])c1. The first-order valence-electron chi connectivity index (χ1n) is 7.51. The Kier molecular flexibility index (Phi) is 6.22. The number of aryl methyl sites for hydroxylation is 1. The number of benzene rings is 1. The van der Waals surface area contributed by atoms with E-state index >= 15 is 0 Å². The van der Waals surface area contributed by atoms with E-state index in [0.29, 0.717) is 6.42 Å². The molecule has 0 aliphatic rings. The smallest absolute Gasteiger partial charge is 0.338 e. The number of ether oxygens (including phenoxy) is 1. The van der Waals surface area contributed by atoms with Gasteiger partial charge in [-0.15, -0.1) is 10.2 Å². The molecule has 2 rings (SSSR count). The van der Waals surface area contributed by atoms with Crippen LogP contribution in [0.25, 0.3) is 0 Å². The Morgan fingerprint density at radius 1 is 1.27 bits per heavy atom. The molecule has 11 nitrogen and oxygen atoms in total. The van der Waals surface area contributed by atoms with E-state index in [0.717, 1.165) is 30.3 Å². The van der Waals surface area contributed by atoms with Crippen LogP contribution in [0.4, 0.5) is 11.4 Å². The maximum atomic E-state index is 12.1. The lowest BCUT2D eigenvalue weighted by molar-refractivity contribution is -0.399. The van der Waals surface area contributed by atoms with Gasteiger partial charge in [0.05, 0.1) is 22.0 Å². The van der Waals surface area contributed by atoms with E-state index < -0.39 is 27.2 Å². The predicted molar refractivity (Wildman–Crippen MR) is 90.1 cm³/mol. The number of unbranched alkanes of at least 4 members (excludes halogenated alkanes) is 1. The average molecular weight is 381 g/mol. The van der Waals surface area contributed by atoms with Crippen molar-refractivity contribution in [3.05, 3.63) is 44.3 Å². The minimum Gasteiger partial charge on any atom is -0.462 e. The Hall–Kier alpha value is -3.02. The highest BCUT2D eigenvalue weighted by atomic mass is 32.2. The van der Waals surface area contributed by atoms with E-state index in [1.54, 1.807) is 7.05 Å². The quantitative estimate of drug-likeness (QED) is 0.292. The summed E-state index contributed by atoms with van der Waals surface area (Å²) >= 11 is 0.727. The van der Waals surface area contributed by atoms with E-state index in [4.69, 9.17) is 4.74 Å². The van der Waals surface area contributed by atoms with Crippen LogP contribution in [0.2, 0.25) is 0 Å². The van der Waals surface area contributed by atoms with Gasteiger partial charge in [-0.2, -0.15) is 0 Å². The topological polar surface area (TPSA) is 143 Å². The molecular formula is C14H15N5O6S. The molecule has 0 spiro atoms. The van der Waals surface area contributed by atoms with Crippen LogP contribution < -0.4 is 0 Å². The maximum absolute atomic E-state index is 12.1. The molecule has 12 heteroatoms. The summed E-state index contributed by atoms with van der Waals surface area (Å²) in [5, 5.41) is 30.5. The van der Waals surface area contributed by atoms with Gasteiger partial charge in [-0.05, 0) is 18.2 Å². The molecule has 138 valence electrons. The molecule has 0 aliphatic carbocycles. The van der Waals surface area contributed by atoms with Crippen molar-refractivity contribution in [3.63, 3.8) is 0 Å². The van der Waals surface area contributed by atoms with E-state index in [2.05, 4.69) is 10.2 Å². The molecule has 0 radical (unpaired) electrons. The van der Waals surface area contributed by atoms with E-state index in [9.17, 15) is 25.0 Å². The highest BCUT2D eigenvalue weighted by Gasteiger charge is 2.30. The molecule has 0 aliphatic heterocycles. The summed E-state index contributed by atoms with van der Waals surface area (Å²) in [6.07, 6.45) is 2.77. The Morgan fingerprint density at radius 3 is 2.35 bits per heavy atom. The van der Waals surface area contributed by atoms with Crippen LogP contribution in [0, 0.1) is 20.2 Å². The van der Waals surface area contributed by atoms with Crippen LogP contribution in [-0.4, -0.2) is 37.2 Å². The number of carbonyl (C=O) groups excluding carboxylic acids is 1. The number of nitro benzene ring substituents is 2. The van der Waals surface area contributed by atoms with Crippen LogP contribution >= 0.6 is 11.8 Å². The minimum atomic E-state index is -0.847. The number of hydrogen-bond donors (Lipinski definition) is 0. The van der Waals surface area contributed by atoms with Gasteiger partial charge in [0, 0.05) is 19.2 Å². The number of aromatic nitrogens is 3. The number of carbonyl (C=O) groups is 1. The lowest BCUT2D eigenvalue weighted by Gasteiger charge is -2.07. The minimum absolute atomic E-state index is 0.131. The lowest BCUT2D eigenvalue weighted by atomic mass is 10.1. The van der Waals surface area contributed by atoms with E-state index in [1.807, 2.05) is 6.92 Å². The predicted octanol–water partition coefficient (Wildman–Crippen LogP) is 2.74. The van der Waals surface area contributed by atoms with Gasteiger partial charge in [0.25, 0.3) is 11.4 Å². The first kappa shape index (κ1) is 19.3. The van der Waals surface area contributed by atoms with Crippen LogP contribution in [0.5, 0.6) is 0 Å². The molecule has 0 saturated carbocycles. The zero-order chi connectivity index (χ0) is 19.3. The molecule has 0 bridgehead atoms. The van der Waals surface area contributed by atoms with Crippen molar-refractivity contribution in [2.24, 2.45) is 7.05 Å². The first-order valence-corrected chi connectivity index (χ1v) is 8.32. The molecule has 0 unspecified atom stereocenters. The maximum Gasteiger partial charge on any atom is 0.338 e. The third kappa shape index (κ3) is 4.33. The van der Waals surface area contributed by atoms with Gasteiger partial charge in [0.1, 0.15) is 6.33 Å². The van der Waals surface area contributed by atoms with Gasteiger partial charge < -0.3 is 9.30 Å². The fourth-order valence-corrected chi connectivity index (χ4v) is 2.88. The molecule has 1 heterocycles. The van der Waals surface area contributed by atoms with Crippen molar-refractivity contribution in [1.29, 1.82) is 0 Å². The van der Waals surface area contributed by atoms with Crippen molar-refractivity contribution in [2.75, 3.05) is 6.61 Å². The monoisotopic (exact) mass is 381 g/mol. The third-order valence-electron chi connectivity index (χ3n) is 3.27. The Morgan fingerprint density at radius 2 is 1.88 bits per heavy atom. The molecule has 0 atom stereocenters. The van der Waals surface area contributed by atoms with Crippen LogP contribution in [0.1, 0.15) is 30.1 Å². The second kappa shape index (κ2) is 8.38. The molecule has 0 saturated heterocycles. The third-order valence-corrected chi connectivity index (χ3v) is 4.45. The fourth-order valence-electron chi connectivity index (χ4n) is 1.94. The zero-order valence-electron chi connectivity index (χ0n) is 13.9. The Bertz CT molecular complexity index is 817. The standard InChI is InChI=1S/C14H15N5O6S/c1-3-4-5-25-13(20)9-6-10(18(21)22)12(11(7-9)19(23)24)26-14-16-15-8-17(14)2/h6-8H,3-5H2,1-2H3. The van der Waals surface area contributed by atoms with Crippen LogP contribution in [0.15, 0.2) is 28.5 Å². The number of hydrogen-bond acceptors (Lipinski definition) is 9. The number of nitro groups is 2. The molecule has 26 heavy (non-hydrogen) atoms. The summed E-state index contributed by atoms with van der Waals surface area (Å²) in [4.78, 5) is 33.1. The second-order valence-corrected chi connectivity index (χ2v) is 6.15. The summed E-state index contributed by atoms with van der Waals surface area (Å²) in [5.41, 5.74) is -1.40. The van der Waals surface area contributed by atoms with Crippen molar-refractivity contribution < 1.29 is 19.4 Å². The lowest BCUT2D eigenvalue weighted by Crippen LogP contribution is -2.09. The highest BCUT2D eigenvalue weighted by Crippen LogP contribution is 2.41. The summed E-state index contributed by atoms with van der Waals surface area (Å²) in [7, 11) is 1.60. The van der Waals surface area contributed by atoms with Gasteiger partial charge >= 0.3 is 5.97 Å². The molecule has 0 N–H and O–H groups in total. The number of esters is 1. The highest BCUT2D eigenvalue weighted by molar-refractivity contribution is 7.99.